The van der Waals surface area contributed by atoms with Gasteiger partial charge in [0.1, 0.15) is 0 Å². The summed E-state index contributed by atoms with van der Waals surface area (Å²) in [7, 11) is 0. The predicted molar refractivity (Wildman–Crippen MR) is 55.9 cm³/mol. The molecule has 0 saturated carbocycles. The number of hydrogen-bond donors (Lipinski definition) is 0. The maximum atomic E-state index is 5.35. The van der Waals surface area contributed by atoms with Crippen molar-refractivity contribution in [3.63, 3.8) is 0 Å². The van der Waals surface area contributed by atoms with Gasteiger partial charge < -0.3 is 9.64 Å². The highest BCUT2D eigenvalue weighted by Crippen LogP contribution is 2.09. The smallest absolute Gasteiger partial charge is 0.0593 e. The monoisotopic (exact) mass is 183 g/mol. The average molecular weight is 183 g/mol. The summed E-state index contributed by atoms with van der Waals surface area (Å²) >= 11 is 0. The molecule has 0 amide bonds. The number of nitrogens with zero attached hydrogens (tertiary/aromatic N) is 1. The van der Waals surface area contributed by atoms with E-state index < -0.39 is 0 Å². The molecule has 0 aromatic rings. The molecular formula is C11H21NO. The zero-order valence-corrected chi connectivity index (χ0v) is 8.88. The normalized spacial score (nSPS) is 19.7. The molecule has 1 rings (SSSR count). The summed E-state index contributed by atoms with van der Waals surface area (Å²) < 4.78 is 5.35. The predicted octanol–water partition coefficient (Wildman–Crippen LogP) is 2.06. The molecule has 2 heteroatoms. The summed E-state index contributed by atoms with van der Waals surface area (Å²) in [6.07, 6.45) is 4.80. The van der Waals surface area contributed by atoms with E-state index in [-0.39, 0.29) is 0 Å². The Morgan fingerprint density at radius 2 is 2.31 bits per heavy atom. The lowest BCUT2D eigenvalue weighted by atomic mass is 10.2. The quantitative estimate of drug-likeness (QED) is 0.488. The molecule has 0 N–H and O–H groups in total. The molecule has 76 valence electrons. The van der Waals surface area contributed by atoms with Crippen LogP contribution in [0.1, 0.15) is 26.7 Å². The second-order valence-electron chi connectivity index (χ2n) is 3.63. The molecule has 0 fully saturated rings. The molecule has 1 aliphatic heterocycles. The van der Waals surface area contributed by atoms with Crippen molar-refractivity contribution < 1.29 is 4.74 Å². The molecular weight excluding hydrogens is 162 g/mol. The Hall–Kier alpha value is -0.340. The molecule has 0 bridgehead atoms. The minimum atomic E-state index is 0.838. The molecule has 13 heavy (non-hydrogen) atoms. The first-order valence-corrected chi connectivity index (χ1v) is 5.28. The SMILES string of the molecule is CCOCCN1CCC=C(C)CC1. The van der Waals surface area contributed by atoms with E-state index in [1.807, 2.05) is 6.92 Å². The molecule has 0 atom stereocenters. The fourth-order valence-electron chi connectivity index (χ4n) is 1.60. The molecule has 0 aromatic carbocycles. The zero-order chi connectivity index (χ0) is 9.52. The van der Waals surface area contributed by atoms with Crippen LogP contribution in [0.5, 0.6) is 0 Å². The third-order valence-electron chi connectivity index (χ3n) is 2.52. The lowest BCUT2D eigenvalue weighted by Gasteiger charge is -2.19. The van der Waals surface area contributed by atoms with E-state index in [1.165, 1.54) is 25.9 Å². The van der Waals surface area contributed by atoms with E-state index in [1.54, 1.807) is 5.57 Å². The van der Waals surface area contributed by atoms with E-state index >= 15 is 0 Å². The van der Waals surface area contributed by atoms with E-state index in [0.29, 0.717) is 0 Å². The molecule has 0 aliphatic carbocycles. The van der Waals surface area contributed by atoms with Crippen LogP contribution >= 0.6 is 0 Å². The van der Waals surface area contributed by atoms with Gasteiger partial charge in [-0.1, -0.05) is 11.6 Å². The van der Waals surface area contributed by atoms with Crippen molar-refractivity contribution in [3.05, 3.63) is 11.6 Å². The third kappa shape index (κ3) is 4.44. The third-order valence-corrected chi connectivity index (χ3v) is 2.52. The van der Waals surface area contributed by atoms with Crippen LogP contribution in [0.3, 0.4) is 0 Å². The summed E-state index contributed by atoms with van der Waals surface area (Å²) in [6.45, 7) is 9.50. The molecule has 0 unspecified atom stereocenters. The van der Waals surface area contributed by atoms with E-state index in [2.05, 4.69) is 17.9 Å². The van der Waals surface area contributed by atoms with Crippen molar-refractivity contribution in [2.45, 2.75) is 26.7 Å². The highest BCUT2D eigenvalue weighted by molar-refractivity contribution is 5.00. The van der Waals surface area contributed by atoms with Gasteiger partial charge in [-0.15, -0.1) is 0 Å². The standard InChI is InChI=1S/C11H21NO/c1-3-13-10-9-12-7-4-5-11(2)6-8-12/h5H,3-4,6-10H2,1-2H3. The first-order valence-electron chi connectivity index (χ1n) is 5.28. The first-order chi connectivity index (χ1) is 6.33. The van der Waals surface area contributed by atoms with E-state index in [4.69, 9.17) is 4.74 Å². The highest BCUT2D eigenvalue weighted by Gasteiger charge is 2.07. The summed E-state index contributed by atoms with van der Waals surface area (Å²) in [4.78, 5) is 2.49. The van der Waals surface area contributed by atoms with Gasteiger partial charge in [-0.2, -0.15) is 0 Å². The summed E-state index contributed by atoms with van der Waals surface area (Å²) in [5, 5.41) is 0. The minimum Gasteiger partial charge on any atom is -0.380 e. The van der Waals surface area contributed by atoms with Crippen LogP contribution in [0.25, 0.3) is 0 Å². The average Bonchev–Trinajstić information content (AvgIpc) is 2.32. The zero-order valence-electron chi connectivity index (χ0n) is 8.88. The number of rotatable bonds is 4. The van der Waals surface area contributed by atoms with Crippen LogP contribution in [0.4, 0.5) is 0 Å². The largest absolute Gasteiger partial charge is 0.380 e. The van der Waals surface area contributed by atoms with Crippen LogP contribution < -0.4 is 0 Å². The summed E-state index contributed by atoms with van der Waals surface area (Å²) in [6, 6.07) is 0. The summed E-state index contributed by atoms with van der Waals surface area (Å²) in [5.41, 5.74) is 1.54. The van der Waals surface area contributed by atoms with E-state index in [9.17, 15) is 0 Å². The van der Waals surface area contributed by atoms with Crippen molar-refractivity contribution in [1.29, 1.82) is 0 Å². The van der Waals surface area contributed by atoms with Crippen molar-refractivity contribution in [2.24, 2.45) is 0 Å². The van der Waals surface area contributed by atoms with Gasteiger partial charge in [0.05, 0.1) is 6.61 Å². The molecule has 0 spiro atoms. The van der Waals surface area contributed by atoms with Gasteiger partial charge in [0.25, 0.3) is 0 Å². The maximum Gasteiger partial charge on any atom is 0.0593 e. The van der Waals surface area contributed by atoms with Crippen molar-refractivity contribution in [1.82, 2.24) is 4.90 Å². The lowest BCUT2D eigenvalue weighted by Crippen LogP contribution is -2.28. The summed E-state index contributed by atoms with van der Waals surface area (Å²) in [5.74, 6) is 0. The van der Waals surface area contributed by atoms with Gasteiger partial charge in [-0.05, 0) is 26.7 Å². The van der Waals surface area contributed by atoms with Crippen LogP contribution in [0.2, 0.25) is 0 Å². The Kier molecular flexibility index (Phi) is 5.09. The molecule has 0 saturated heterocycles. The maximum absolute atomic E-state index is 5.35. The minimum absolute atomic E-state index is 0.838. The molecule has 0 radical (unpaired) electrons. The van der Waals surface area contributed by atoms with Gasteiger partial charge in [0.15, 0.2) is 0 Å². The molecule has 2 nitrogen and oxygen atoms in total. The van der Waals surface area contributed by atoms with Crippen molar-refractivity contribution >= 4 is 0 Å². The lowest BCUT2D eigenvalue weighted by molar-refractivity contribution is 0.115. The van der Waals surface area contributed by atoms with Crippen LogP contribution in [-0.2, 0) is 4.74 Å². The van der Waals surface area contributed by atoms with Crippen LogP contribution in [-0.4, -0.2) is 37.7 Å². The Labute approximate surface area is 81.6 Å². The number of ether oxygens (including phenoxy) is 1. The molecule has 1 aliphatic rings. The Bertz CT molecular complexity index is 165. The molecule has 1 heterocycles. The second-order valence-corrected chi connectivity index (χ2v) is 3.63. The van der Waals surface area contributed by atoms with Gasteiger partial charge in [-0.25, -0.2) is 0 Å². The van der Waals surface area contributed by atoms with Gasteiger partial charge >= 0.3 is 0 Å². The number of hydrogen-bond acceptors (Lipinski definition) is 2. The topological polar surface area (TPSA) is 12.5 Å². The Morgan fingerprint density at radius 3 is 3.08 bits per heavy atom. The van der Waals surface area contributed by atoms with Crippen molar-refractivity contribution in [2.75, 3.05) is 32.8 Å². The Balaban J connectivity index is 2.14. The van der Waals surface area contributed by atoms with Gasteiger partial charge in [-0.3, -0.25) is 0 Å². The second kappa shape index (κ2) is 6.17. The van der Waals surface area contributed by atoms with E-state index in [0.717, 1.165) is 19.8 Å². The van der Waals surface area contributed by atoms with Crippen LogP contribution in [0, 0.1) is 0 Å². The van der Waals surface area contributed by atoms with Crippen molar-refractivity contribution in [3.8, 4) is 0 Å². The van der Waals surface area contributed by atoms with Gasteiger partial charge in [0.2, 0.25) is 0 Å². The highest BCUT2D eigenvalue weighted by atomic mass is 16.5. The Morgan fingerprint density at radius 1 is 1.46 bits per heavy atom. The fraction of sp³-hybridized carbons (Fsp3) is 0.818. The first kappa shape index (κ1) is 10.7. The fourth-order valence-corrected chi connectivity index (χ4v) is 1.60. The molecule has 0 aromatic heterocycles. The van der Waals surface area contributed by atoms with Gasteiger partial charge in [0, 0.05) is 26.2 Å². The van der Waals surface area contributed by atoms with Crippen LogP contribution in [0.15, 0.2) is 11.6 Å².